The van der Waals surface area contributed by atoms with Crippen molar-refractivity contribution in [3.63, 3.8) is 0 Å². The van der Waals surface area contributed by atoms with Crippen molar-refractivity contribution in [2.75, 3.05) is 0 Å². The molecule has 1 aliphatic heterocycles. The van der Waals surface area contributed by atoms with Gasteiger partial charge in [-0.2, -0.15) is 0 Å². The first-order chi connectivity index (χ1) is 8.28. The first-order valence-electron chi connectivity index (χ1n) is 6.17. The van der Waals surface area contributed by atoms with Crippen molar-refractivity contribution in [3.8, 4) is 11.5 Å². The van der Waals surface area contributed by atoms with Gasteiger partial charge in [-0.05, 0) is 57.2 Å². The molecule has 1 unspecified atom stereocenters. The number of aromatic hydroxyl groups is 1. The van der Waals surface area contributed by atoms with Crippen molar-refractivity contribution < 1.29 is 14.9 Å². The number of phenols is 1. The van der Waals surface area contributed by atoms with E-state index in [1.54, 1.807) is 0 Å². The Balaban J connectivity index is 2.61. The van der Waals surface area contributed by atoms with E-state index in [0.29, 0.717) is 12.2 Å². The van der Waals surface area contributed by atoms with E-state index in [-0.39, 0.29) is 5.76 Å². The van der Waals surface area contributed by atoms with E-state index in [2.05, 4.69) is 6.58 Å². The molecule has 0 radical (unpaired) electrons. The minimum atomic E-state index is -0.729. The highest BCUT2D eigenvalue weighted by molar-refractivity contribution is 5.58. The van der Waals surface area contributed by atoms with Crippen LogP contribution in [-0.4, -0.2) is 15.8 Å². The molecule has 1 aromatic carbocycles. The van der Waals surface area contributed by atoms with Crippen LogP contribution < -0.4 is 4.74 Å². The Morgan fingerprint density at radius 2 is 1.83 bits per heavy atom. The molecule has 0 bridgehead atoms. The number of aliphatic hydroxyl groups is 1. The fourth-order valence-electron chi connectivity index (χ4n) is 2.45. The van der Waals surface area contributed by atoms with E-state index in [9.17, 15) is 10.2 Å². The van der Waals surface area contributed by atoms with Crippen LogP contribution in [0.2, 0.25) is 0 Å². The molecular formula is C15H20O3. The first kappa shape index (κ1) is 12.8. The normalized spacial score (nSPS) is 22.2. The maximum absolute atomic E-state index is 10.1. The zero-order chi connectivity index (χ0) is 13.7. The molecule has 2 rings (SSSR count). The summed E-state index contributed by atoms with van der Waals surface area (Å²) in [6, 6.07) is 0. The van der Waals surface area contributed by atoms with Gasteiger partial charge in [-0.25, -0.2) is 0 Å². The van der Waals surface area contributed by atoms with E-state index in [1.165, 1.54) is 0 Å². The average Bonchev–Trinajstić information content (AvgIpc) is 2.33. The number of benzene rings is 1. The third kappa shape index (κ3) is 1.65. The van der Waals surface area contributed by atoms with Crippen LogP contribution in [0.25, 0.3) is 0 Å². The number of phenolic OH excluding ortho intramolecular Hbond substituents is 1. The second-order valence-electron chi connectivity index (χ2n) is 5.31. The van der Waals surface area contributed by atoms with Gasteiger partial charge in [-0.15, -0.1) is 0 Å². The van der Waals surface area contributed by atoms with Crippen molar-refractivity contribution in [1.29, 1.82) is 0 Å². The zero-order valence-electron chi connectivity index (χ0n) is 11.4. The molecule has 1 heterocycles. The highest BCUT2D eigenvalue weighted by Gasteiger charge is 2.36. The molecule has 2 N–H and O–H groups in total. The Morgan fingerprint density at radius 1 is 1.22 bits per heavy atom. The Bertz CT molecular complexity index is 531. The minimum Gasteiger partial charge on any atom is -0.509 e. The van der Waals surface area contributed by atoms with Crippen molar-refractivity contribution in [2.45, 2.75) is 46.1 Å². The molecule has 0 saturated heterocycles. The van der Waals surface area contributed by atoms with E-state index >= 15 is 0 Å². The molecule has 18 heavy (non-hydrogen) atoms. The van der Waals surface area contributed by atoms with E-state index < -0.39 is 5.60 Å². The molecule has 0 aliphatic carbocycles. The Kier molecular flexibility index (Phi) is 2.80. The molecule has 0 saturated carbocycles. The maximum atomic E-state index is 10.1. The van der Waals surface area contributed by atoms with Crippen molar-refractivity contribution in [2.24, 2.45) is 0 Å². The van der Waals surface area contributed by atoms with Crippen molar-refractivity contribution >= 4 is 0 Å². The summed E-state index contributed by atoms with van der Waals surface area (Å²) in [5.41, 5.74) is 2.94. The van der Waals surface area contributed by atoms with Crippen LogP contribution in [0, 0.1) is 20.8 Å². The third-order valence-corrected chi connectivity index (χ3v) is 4.13. The summed E-state index contributed by atoms with van der Waals surface area (Å²) in [6.45, 7) is 11.1. The summed E-state index contributed by atoms with van der Waals surface area (Å²) in [5, 5.41) is 19.7. The van der Waals surface area contributed by atoms with Crippen LogP contribution in [0.3, 0.4) is 0 Å². The summed E-state index contributed by atoms with van der Waals surface area (Å²) in [6.07, 6.45) is 1.43. The number of hydrogen-bond donors (Lipinski definition) is 2. The van der Waals surface area contributed by atoms with E-state index in [0.717, 1.165) is 34.4 Å². The molecular weight excluding hydrogens is 228 g/mol. The number of hydrogen-bond acceptors (Lipinski definition) is 3. The first-order valence-corrected chi connectivity index (χ1v) is 6.17. The predicted octanol–water partition coefficient (Wildman–Crippen LogP) is 3.47. The van der Waals surface area contributed by atoms with Gasteiger partial charge < -0.3 is 14.9 Å². The Hall–Kier alpha value is -1.64. The van der Waals surface area contributed by atoms with Gasteiger partial charge in [0.25, 0.3) is 0 Å². The summed E-state index contributed by atoms with van der Waals surface area (Å²) in [7, 11) is 0. The molecule has 0 aromatic heterocycles. The standard InChI is InChI=1S/C15H20O3/c1-8-9(2)14-12(10(3)13(8)17)6-7-15(5,18-14)11(4)16/h16-17H,4,6-7H2,1-3,5H3. The van der Waals surface area contributed by atoms with Gasteiger partial charge in [0.15, 0.2) is 5.60 Å². The molecule has 1 aromatic rings. The number of fused-ring (bicyclic) bond motifs is 1. The van der Waals surface area contributed by atoms with Gasteiger partial charge in [0.2, 0.25) is 0 Å². The Morgan fingerprint density at radius 3 is 2.39 bits per heavy atom. The molecule has 0 fully saturated rings. The third-order valence-electron chi connectivity index (χ3n) is 4.13. The lowest BCUT2D eigenvalue weighted by molar-refractivity contribution is 0.0576. The lowest BCUT2D eigenvalue weighted by Gasteiger charge is -2.37. The molecule has 0 amide bonds. The molecule has 3 nitrogen and oxygen atoms in total. The van der Waals surface area contributed by atoms with Gasteiger partial charge in [0, 0.05) is 5.56 Å². The SMILES string of the molecule is C=C(O)C1(C)CCc2c(C)c(O)c(C)c(C)c2O1. The van der Waals surface area contributed by atoms with Crippen molar-refractivity contribution in [3.05, 3.63) is 34.6 Å². The van der Waals surface area contributed by atoms with E-state index in [4.69, 9.17) is 4.74 Å². The molecule has 98 valence electrons. The van der Waals surface area contributed by atoms with E-state index in [1.807, 2.05) is 27.7 Å². The summed E-state index contributed by atoms with van der Waals surface area (Å²) >= 11 is 0. The van der Waals surface area contributed by atoms with Gasteiger partial charge in [0.1, 0.15) is 17.3 Å². The highest BCUT2D eigenvalue weighted by Crippen LogP contribution is 2.44. The fraction of sp³-hybridized carbons (Fsp3) is 0.467. The monoisotopic (exact) mass is 248 g/mol. The van der Waals surface area contributed by atoms with Crippen LogP contribution in [0.1, 0.15) is 35.6 Å². The summed E-state index contributed by atoms with van der Waals surface area (Å²) in [4.78, 5) is 0. The van der Waals surface area contributed by atoms with Crippen molar-refractivity contribution in [1.82, 2.24) is 0 Å². The van der Waals surface area contributed by atoms with Gasteiger partial charge in [-0.3, -0.25) is 0 Å². The molecule has 1 atom stereocenters. The minimum absolute atomic E-state index is 0.0518. The molecule has 1 aliphatic rings. The second-order valence-corrected chi connectivity index (χ2v) is 5.31. The lowest BCUT2D eigenvalue weighted by atomic mass is 9.86. The topological polar surface area (TPSA) is 49.7 Å². The number of rotatable bonds is 1. The van der Waals surface area contributed by atoms with Gasteiger partial charge in [0.05, 0.1) is 0 Å². The number of ether oxygens (including phenoxy) is 1. The number of aliphatic hydroxyl groups excluding tert-OH is 1. The smallest absolute Gasteiger partial charge is 0.162 e. The lowest BCUT2D eigenvalue weighted by Crippen LogP contribution is -2.38. The largest absolute Gasteiger partial charge is 0.509 e. The molecule has 0 spiro atoms. The summed E-state index contributed by atoms with van der Waals surface area (Å²) < 4.78 is 5.97. The van der Waals surface area contributed by atoms with Gasteiger partial charge in [-0.1, -0.05) is 6.58 Å². The van der Waals surface area contributed by atoms with Gasteiger partial charge >= 0.3 is 0 Å². The van der Waals surface area contributed by atoms with Crippen LogP contribution in [0.5, 0.6) is 11.5 Å². The van der Waals surface area contributed by atoms with Crippen LogP contribution in [-0.2, 0) is 6.42 Å². The highest BCUT2D eigenvalue weighted by atomic mass is 16.5. The fourth-order valence-corrected chi connectivity index (χ4v) is 2.45. The maximum Gasteiger partial charge on any atom is 0.162 e. The second kappa shape index (κ2) is 3.94. The Labute approximate surface area is 108 Å². The quantitative estimate of drug-likeness (QED) is 0.748. The predicted molar refractivity (Wildman–Crippen MR) is 71.4 cm³/mol. The van der Waals surface area contributed by atoms with Crippen LogP contribution >= 0.6 is 0 Å². The zero-order valence-corrected chi connectivity index (χ0v) is 11.4. The van der Waals surface area contributed by atoms with Crippen LogP contribution in [0.15, 0.2) is 12.3 Å². The summed E-state index contributed by atoms with van der Waals surface area (Å²) in [5.74, 6) is 1.18. The average molecular weight is 248 g/mol. The molecule has 3 heteroatoms. The van der Waals surface area contributed by atoms with Crippen LogP contribution in [0.4, 0.5) is 0 Å².